The largest absolute Gasteiger partial charge is 0.497 e. The van der Waals surface area contributed by atoms with Gasteiger partial charge in [-0.1, -0.05) is 17.3 Å². The molecule has 176 valence electrons. The van der Waals surface area contributed by atoms with Crippen LogP contribution in [0, 0.1) is 6.92 Å². The quantitative estimate of drug-likeness (QED) is 0.370. The molecule has 11 heteroatoms. The first-order chi connectivity index (χ1) is 17.0. The molecule has 1 N–H and O–H groups in total. The standard InChI is InChI=1S/C24H20N6O4S/c1-14-19-23(35-20(14)22-28-21(29-34-22)16-7-9-25-10-8-16)27-13-30(24(19)32)12-18(31)26-11-15-3-5-17(33-2)6-4-15/h3-10,13H,11-12H2,1-2H3,(H,26,31). The van der Waals surface area contributed by atoms with Crippen molar-refractivity contribution in [1.82, 2.24) is 30.0 Å². The molecule has 0 saturated carbocycles. The van der Waals surface area contributed by atoms with Crippen LogP contribution in [-0.2, 0) is 17.9 Å². The normalized spacial score (nSPS) is 11.0. The lowest BCUT2D eigenvalue weighted by Gasteiger charge is -2.08. The van der Waals surface area contributed by atoms with Gasteiger partial charge in [-0.2, -0.15) is 4.98 Å². The molecule has 5 aromatic rings. The van der Waals surface area contributed by atoms with Crippen molar-refractivity contribution in [2.45, 2.75) is 20.0 Å². The zero-order valence-corrected chi connectivity index (χ0v) is 19.7. The summed E-state index contributed by atoms with van der Waals surface area (Å²) < 4.78 is 11.9. The van der Waals surface area contributed by atoms with Crippen LogP contribution in [0.15, 0.2) is 64.4 Å². The molecule has 10 nitrogen and oxygen atoms in total. The number of nitrogens with one attached hydrogen (secondary N) is 1. The van der Waals surface area contributed by atoms with Gasteiger partial charge in [0.1, 0.15) is 17.1 Å². The van der Waals surface area contributed by atoms with E-state index in [1.54, 1.807) is 31.6 Å². The van der Waals surface area contributed by atoms with Gasteiger partial charge in [0.25, 0.3) is 11.4 Å². The van der Waals surface area contributed by atoms with E-state index < -0.39 is 0 Å². The maximum absolute atomic E-state index is 13.2. The van der Waals surface area contributed by atoms with Gasteiger partial charge in [0.15, 0.2) is 0 Å². The molecule has 0 spiro atoms. The van der Waals surface area contributed by atoms with Crippen LogP contribution in [0.3, 0.4) is 0 Å². The van der Waals surface area contributed by atoms with Crippen molar-refractivity contribution < 1.29 is 14.1 Å². The third-order valence-electron chi connectivity index (χ3n) is 5.44. The summed E-state index contributed by atoms with van der Waals surface area (Å²) in [6, 6.07) is 11.0. The van der Waals surface area contributed by atoms with Crippen LogP contribution in [0.25, 0.3) is 32.4 Å². The second kappa shape index (κ2) is 9.47. The van der Waals surface area contributed by atoms with Crippen molar-refractivity contribution >= 4 is 27.5 Å². The van der Waals surface area contributed by atoms with Gasteiger partial charge in [0.2, 0.25) is 11.7 Å². The monoisotopic (exact) mass is 488 g/mol. The van der Waals surface area contributed by atoms with Crippen molar-refractivity contribution in [2.24, 2.45) is 0 Å². The van der Waals surface area contributed by atoms with Crippen molar-refractivity contribution in [2.75, 3.05) is 7.11 Å². The minimum Gasteiger partial charge on any atom is -0.497 e. The van der Waals surface area contributed by atoms with Crippen LogP contribution in [0.2, 0.25) is 0 Å². The summed E-state index contributed by atoms with van der Waals surface area (Å²) in [4.78, 5) is 39.7. The van der Waals surface area contributed by atoms with Crippen LogP contribution in [0.1, 0.15) is 11.1 Å². The zero-order valence-electron chi connectivity index (χ0n) is 18.9. The summed E-state index contributed by atoms with van der Waals surface area (Å²) in [5.41, 5.74) is 2.07. The van der Waals surface area contributed by atoms with Crippen molar-refractivity contribution in [3.8, 4) is 27.9 Å². The average Bonchev–Trinajstić information content (AvgIpc) is 3.50. The van der Waals surface area contributed by atoms with E-state index in [1.165, 1.54) is 22.2 Å². The van der Waals surface area contributed by atoms with Gasteiger partial charge in [-0.25, -0.2) is 4.98 Å². The highest BCUT2D eigenvalue weighted by molar-refractivity contribution is 7.22. The fraction of sp³-hybridized carbons (Fsp3) is 0.167. The summed E-state index contributed by atoms with van der Waals surface area (Å²) in [7, 11) is 1.60. The van der Waals surface area contributed by atoms with E-state index in [9.17, 15) is 9.59 Å². The van der Waals surface area contributed by atoms with E-state index in [1.807, 2.05) is 31.2 Å². The first kappa shape index (κ1) is 22.4. The third-order valence-corrected chi connectivity index (χ3v) is 6.63. The molecule has 1 amide bonds. The number of aromatic nitrogens is 5. The van der Waals surface area contributed by atoms with Crippen LogP contribution in [-0.4, -0.2) is 37.7 Å². The number of benzene rings is 1. The summed E-state index contributed by atoms with van der Waals surface area (Å²) in [6.45, 7) is 2.00. The summed E-state index contributed by atoms with van der Waals surface area (Å²) in [5.74, 6) is 1.18. The number of carbonyl (C=O) groups is 1. The Bertz CT molecular complexity index is 1560. The van der Waals surface area contributed by atoms with Gasteiger partial charge in [-0.15, -0.1) is 11.3 Å². The SMILES string of the molecule is COc1ccc(CNC(=O)Cn2cnc3sc(-c4nc(-c5ccncc5)no4)c(C)c3c2=O)cc1. The van der Waals surface area contributed by atoms with Gasteiger partial charge in [0, 0.05) is 24.5 Å². The number of rotatable bonds is 7. The Balaban J connectivity index is 1.35. The first-order valence-corrected chi connectivity index (χ1v) is 11.5. The van der Waals surface area contributed by atoms with E-state index in [0.29, 0.717) is 38.9 Å². The van der Waals surface area contributed by atoms with Crippen molar-refractivity contribution in [1.29, 1.82) is 0 Å². The number of ether oxygens (including phenoxy) is 1. The molecule has 4 aromatic heterocycles. The maximum Gasteiger partial charge on any atom is 0.268 e. The van der Waals surface area contributed by atoms with Gasteiger partial charge in [0.05, 0.1) is 23.7 Å². The first-order valence-electron chi connectivity index (χ1n) is 10.7. The number of amides is 1. The van der Waals surface area contributed by atoms with Gasteiger partial charge in [-0.3, -0.25) is 19.1 Å². The predicted octanol–water partition coefficient (Wildman–Crippen LogP) is 3.20. The molecule has 1 aromatic carbocycles. The number of thiophene rings is 1. The van der Waals surface area contributed by atoms with Gasteiger partial charge in [-0.05, 0) is 42.3 Å². The predicted molar refractivity (Wildman–Crippen MR) is 130 cm³/mol. The van der Waals surface area contributed by atoms with E-state index >= 15 is 0 Å². The van der Waals surface area contributed by atoms with E-state index in [-0.39, 0.29) is 18.0 Å². The van der Waals surface area contributed by atoms with Gasteiger partial charge >= 0.3 is 0 Å². The Labute approximate surface area is 203 Å². The lowest BCUT2D eigenvalue weighted by Crippen LogP contribution is -2.32. The molecule has 4 heterocycles. The van der Waals surface area contributed by atoms with E-state index in [2.05, 4.69) is 25.4 Å². The number of carbonyl (C=O) groups excluding carboxylic acids is 1. The molecule has 0 fully saturated rings. The molecule has 0 aliphatic heterocycles. The van der Waals surface area contributed by atoms with Crippen LogP contribution in [0.5, 0.6) is 5.75 Å². The molecule has 0 aliphatic carbocycles. The Kier molecular flexibility index (Phi) is 6.06. The molecular formula is C24H20N6O4S. The highest BCUT2D eigenvalue weighted by atomic mass is 32.1. The molecule has 0 bridgehead atoms. The van der Waals surface area contributed by atoms with Crippen molar-refractivity contribution in [3.05, 3.63) is 76.6 Å². The van der Waals surface area contributed by atoms with Gasteiger partial charge < -0.3 is 14.6 Å². The Morgan fingerprint density at radius 1 is 1.17 bits per heavy atom. The second-order valence-electron chi connectivity index (χ2n) is 7.70. The summed E-state index contributed by atoms with van der Waals surface area (Å²) in [5, 5.41) is 7.29. The smallest absolute Gasteiger partial charge is 0.268 e. The second-order valence-corrected chi connectivity index (χ2v) is 8.70. The number of nitrogens with zero attached hydrogens (tertiary/aromatic N) is 5. The minimum absolute atomic E-state index is 0.144. The highest BCUT2D eigenvalue weighted by Crippen LogP contribution is 2.35. The Morgan fingerprint density at radius 2 is 1.94 bits per heavy atom. The average molecular weight is 489 g/mol. The van der Waals surface area contributed by atoms with Crippen LogP contribution in [0.4, 0.5) is 0 Å². The lowest BCUT2D eigenvalue weighted by atomic mass is 10.2. The molecule has 0 atom stereocenters. The highest BCUT2D eigenvalue weighted by Gasteiger charge is 2.21. The Morgan fingerprint density at radius 3 is 2.69 bits per heavy atom. The molecule has 0 aliphatic rings. The number of hydrogen-bond donors (Lipinski definition) is 1. The summed E-state index contributed by atoms with van der Waals surface area (Å²) in [6.07, 6.45) is 4.68. The lowest BCUT2D eigenvalue weighted by molar-refractivity contribution is -0.121. The summed E-state index contributed by atoms with van der Waals surface area (Å²) >= 11 is 1.29. The maximum atomic E-state index is 13.2. The minimum atomic E-state index is -0.302. The van der Waals surface area contributed by atoms with Crippen LogP contribution >= 0.6 is 11.3 Å². The number of hydrogen-bond acceptors (Lipinski definition) is 9. The number of pyridine rings is 1. The topological polar surface area (TPSA) is 125 Å². The Hall–Kier alpha value is -4.38. The number of aryl methyl sites for hydroxylation is 1. The number of fused-ring (bicyclic) bond motifs is 1. The van der Waals surface area contributed by atoms with Crippen LogP contribution < -0.4 is 15.6 Å². The molecule has 0 radical (unpaired) electrons. The van der Waals surface area contributed by atoms with Crippen molar-refractivity contribution in [3.63, 3.8) is 0 Å². The molecule has 0 saturated heterocycles. The van der Waals surface area contributed by atoms with E-state index in [4.69, 9.17) is 9.26 Å². The zero-order chi connectivity index (χ0) is 24.4. The third kappa shape index (κ3) is 4.53. The molecule has 5 rings (SSSR count). The molecular weight excluding hydrogens is 468 g/mol. The fourth-order valence-corrected chi connectivity index (χ4v) is 4.63. The molecule has 35 heavy (non-hydrogen) atoms. The van der Waals surface area contributed by atoms with E-state index in [0.717, 1.165) is 16.9 Å². The number of methoxy groups -OCH3 is 1. The fourth-order valence-electron chi connectivity index (χ4n) is 3.56. The molecule has 0 unspecified atom stereocenters.